The Hall–Kier alpha value is -3.93. The summed E-state index contributed by atoms with van der Waals surface area (Å²) in [4.78, 5) is 44.0. The van der Waals surface area contributed by atoms with Crippen molar-refractivity contribution in [1.29, 1.82) is 0 Å². The number of pyridine rings is 1. The quantitative estimate of drug-likeness (QED) is 0.265. The summed E-state index contributed by atoms with van der Waals surface area (Å²) >= 11 is 17.9. The van der Waals surface area contributed by atoms with Crippen LogP contribution in [-0.2, 0) is 14.3 Å². The van der Waals surface area contributed by atoms with Crippen molar-refractivity contribution in [3.63, 3.8) is 0 Å². The molecule has 202 valence electrons. The molecule has 2 amide bonds. The van der Waals surface area contributed by atoms with E-state index < -0.39 is 23.8 Å². The van der Waals surface area contributed by atoms with Crippen LogP contribution in [0.1, 0.15) is 23.7 Å². The fourth-order valence-corrected chi connectivity index (χ4v) is 4.56. The molecular weight excluding hydrogens is 565 g/mol. The number of halogens is 2. The Morgan fingerprint density at radius 1 is 1.10 bits per heavy atom. The lowest BCUT2D eigenvalue weighted by atomic mass is 10.1. The van der Waals surface area contributed by atoms with Crippen LogP contribution in [0.15, 0.2) is 60.8 Å². The van der Waals surface area contributed by atoms with Crippen molar-refractivity contribution in [2.75, 3.05) is 29.4 Å². The van der Waals surface area contributed by atoms with Gasteiger partial charge < -0.3 is 14.8 Å². The minimum Gasteiger partial charge on any atom is -0.497 e. The van der Waals surface area contributed by atoms with E-state index in [0.717, 1.165) is 0 Å². The Bertz CT molecular complexity index is 1400. The van der Waals surface area contributed by atoms with Gasteiger partial charge in [0.1, 0.15) is 11.8 Å². The van der Waals surface area contributed by atoms with Crippen molar-refractivity contribution >= 4 is 75.5 Å². The molecule has 0 spiro atoms. The van der Waals surface area contributed by atoms with E-state index in [1.54, 1.807) is 43.3 Å². The van der Waals surface area contributed by atoms with Crippen LogP contribution in [0.3, 0.4) is 0 Å². The van der Waals surface area contributed by atoms with Crippen LogP contribution in [0.25, 0.3) is 0 Å². The number of hydrogen-bond acceptors (Lipinski definition) is 8. The number of ether oxygens (including phenoxy) is 2. The van der Waals surface area contributed by atoms with E-state index >= 15 is 0 Å². The van der Waals surface area contributed by atoms with E-state index in [-0.39, 0.29) is 29.0 Å². The molecule has 39 heavy (non-hydrogen) atoms. The Labute approximate surface area is 239 Å². The number of rotatable bonds is 9. The van der Waals surface area contributed by atoms with Gasteiger partial charge in [0.2, 0.25) is 11.0 Å². The van der Waals surface area contributed by atoms with Crippen molar-refractivity contribution in [2.24, 2.45) is 0 Å². The monoisotopic (exact) mass is 587 g/mol. The highest BCUT2D eigenvalue weighted by molar-refractivity contribution is 7.80. The normalized spacial score (nSPS) is 14.8. The average molecular weight is 588 g/mol. The van der Waals surface area contributed by atoms with Gasteiger partial charge in [-0.15, -0.1) is 0 Å². The van der Waals surface area contributed by atoms with Gasteiger partial charge in [0.05, 0.1) is 41.4 Å². The summed E-state index contributed by atoms with van der Waals surface area (Å²) in [6.45, 7) is 1.97. The molecule has 0 unspecified atom stereocenters. The number of aromatic nitrogens is 1. The minimum atomic E-state index is -1.04. The summed E-state index contributed by atoms with van der Waals surface area (Å²) in [5.74, 6) is -0.550. The number of esters is 1. The lowest BCUT2D eigenvalue weighted by molar-refractivity contribution is -0.124. The van der Waals surface area contributed by atoms with Crippen LogP contribution >= 0.6 is 35.4 Å². The Morgan fingerprint density at radius 3 is 2.41 bits per heavy atom. The Kier molecular flexibility index (Phi) is 8.85. The number of carbonyl (C=O) groups is 3. The zero-order valence-electron chi connectivity index (χ0n) is 20.8. The lowest BCUT2D eigenvalue weighted by Crippen LogP contribution is -2.42. The van der Waals surface area contributed by atoms with Crippen molar-refractivity contribution in [1.82, 2.24) is 9.99 Å². The number of carbonyl (C=O) groups excluding carboxylic acids is 3. The molecule has 10 nitrogen and oxygen atoms in total. The summed E-state index contributed by atoms with van der Waals surface area (Å²) < 4.78 is 10.2. The first-order valence-electron chi connectivity index (χ1n) is 11.7. The highest BCUT2D eigenvalue weighted by Gasteiger charge is 2.45. The first kappa shape index (κ1) is 28.1. The molecule has 2 N–H and O–H groups in total. The van der Waals surface area contributed by atoms with Crippen molar-refractivity contribution in [2.45, 2.75) is 19.4 Å². The topological polar surface area (TPSA) is 113 Å². The van der Waals surface area contributed by atoms with Gasteiger partial charge in [-0.05, 0) is 73.7 Å². The first-order valence-corrected chi connectivity index (χ1v) is 12.8. The molecule has 1 atom stereocenters. The highest BCUT2D eigenvalue weighted by Crippen LogP contribution is 2.31. The summed E-state index contributed by atoms with van der Waals surface area (Å²) in [5.41, 5.74) is 4.24. The third-order valence-corrected chi connectivity index (χ3v) is 6.51. The third kappa shape index (κ3) is 6.39. The maximum absolute atomic E-state index is 13.6. The SMILES string of the molecule is CCOC(=O)c1ccc(NC(=O)C[C@@H]2C(=O)N(c3ccc(OC)cc3)C(=S)N2Nc2ncc(Cl)cc2Cl)cc1. The number of amides is 2. The molecule has 1 aromatic heterocycles. The highest BCUT2D eigenvalue weighted by atomic mass is 35.5. The molecule has 2 heterocycles. The second-order valence-corrected chi connectivity index (χ2v) is 9.39. The fraction of sp³-hybridized carbons (Fsp3) is 0.192. The molecule has 1 saturated heterocycles. The molecular formula is C26H23Cl2N5O5S. The Morgan fingerprint density at radius 2 is 1.79 bits per heavy atom. The molecule has 0 radical (unpaired) electrons. The van der Waals surface area contributed by atoms with E-state index in [0.29, 0.717) is 27.7 Å². The summed E-state index contributed by atoms with van der Waals surface area (Å²) in [5, 5.41) is 4.73. The van der Waals surface area contributed by atoms with Crippen molar-refractivity contribution in [3.8, 4) is 5.75 Å². The number of hydrazine groups is 1. The van der Waals surface area contributed by atoms with Crippen LogP contribution in [0.2, 0.25) is 10.0 Å². The van der Waals surface area contributed by atoms with Crippen LogP contribution in [0.4, 0.5) is 17.2 Å². The molecule has 4 rings (SSSR count). The molecule has 0 saturated carbocycles. The summed E-state index contributed by atoms with van der Waals surface area (Å²) in [6.07, 6.45) is 1.13. The van der Waals surface area contributed by atoms with Crippen LogP contribution in [-0.4, -0.2) is 52.6 Å². The number of anilines is 3. The zero-order chi connectivity index (χ0) is 28.1. The van der Waals surface area contributed by atoms with Crippen molar-refractivity contribution < 1.29 is 23.9 Å². The van der Waals surface area contributed by atoms with Gasteiger partial charge in [-0.25, -0.2) is 14.8 Å². The average Bonchev–Trinajstić information content (AvgIpc) is 3.14. The zero-order valence-corrected chi connectivity index (χ0v) is 23.1. The second kappa shape index (κ2) is 12.3. The molecule has 2 aromatic carbocycles. The maximum Gasteiger partial charge on any atom is 0.338 e. The van der Waals surface area contributed by atoms with E-state index in [4.69, 9.17) is 44.9 Å². The van der Waals surface area contributed by atoms with Gasteiger partial charge >= 0.3 is 5.97 Å². The minimum absolute atomic E-state index is 0.0922. The molecule has 13 heteroatoms. The van der Waals surface area contributed by atoms with Gasteiger partial charge in [-0.3, -0.25) is 19.9 Å². The maximum atomic E-state index is 13.6. The number of methoxy groups -OCH3 is 1. The van der Waals surface area contributed by atoms with Crippen LogP contribution in [0, 0.1) is 0 Å². The number of hydrogen-bond donors (Lipinski definition) is 2. The number of benzene rings is 2. The van der Waals surface area contributed by atoms with E-state index in [9.17, 15) is 14.4 Å². The van der Waals surface area contributed by atoms with Crippen LogP contribution < -0.4 is 20.4 Å². The van der Waals surface area contributed by atoms with Gasteiger partial charge in [-0.2, -0.15) is 0 Å². The number of nitrogens with one attached hydrogen (secondary N) is 2. The summed E-state index contributed by atoms with van der Waals surface area (Å²) in [6, 6.07) is 13.4. The van der Waals surface area contributed by atoms with Gasteiger partial charge in [-0.1, -0.05) is 23.2 Å². The van der Waals surface area contributed by atoms with Crippen molar-refractivity contribution in [3.05, 3.63) is 76.4 Å². The fourth-order valence-electron chi connectivity index (χ4n) is 3.77. The van der Waals surface area contributed by atoms with Gasteiger partial charge in [0, 0.05) is 11.9 Å². The summed E-state index contributed by atoms with van der Waals surface area (Å²) in [7, 11) is 1.54. The largest absolute Gasteiger partial charge is 0.497 e. The third-order valence-electron chi connectivity index (χ3n) is 5.64. The number of nitrogens with zero attached hydrogens (tertiary/aromatic N) is 3. The van der Waals surface area contributed by atoms with E-state index in [2.05, 4.69) is 15.7 Å². The molecule has 1 aliphatic heterocycles. The molecule has 0 bridgehead atoms. The smallest absolute Gasteiger partial charge is 0.338 e. The predicted molar refractivity (Wildman–Crippen MR) is 152 cm³/mol. The number of thiocarbonyl (C=S) groups is 1. The van der Waals surface area contributed by atoms with E-state index in [1.165, 1.54) is 41.4 Å². The molecule has 0 aliphatic carbocycles. The standard InChI is InChI=1S/C26H23Cl2N5O5S/c1-3-38-25(36)15-4-6-17(7-5-15)30-22(34)13-21-24(35)32(18-8-10-19(37-2)11-9-18)26(39)33(21)31-23-20(28)12-16(27)14-29-23/h4-12,14,21H,3,13H2,1-2H3,(H,29,31)(H,30,34)/t21-/m1/s1. The van der Waals surface area contributed by atoms with Gasteiger partial charge in [0.25, 0.3) is 5.91 Å². The lowest BCUT2D eigenvalue weighted by Gasteiger charge is -2.25. The predicted octanol–water partition coefficient (Wildman–Crippen LogP) is 4.93. The first-order chi connectivity index (χ1) is 18.7. The van der Waals surface area contributed by atoms with E-state index in [1.807, 2.05) is 0 Å². The Balaban J connectivity index is 1.57. The second-order valence-electron chi connectivity index (χ2n) is 8.19. The molecule has 1 fully saturated rings. The van der Waals surface area contributed by atoms with Gasteiger partial charge in [0.15, 0.2) is 5.82 Å². The molecule has 1 aliphatic rings. The van der Waals surface area contributed by atoms with Crippen LogP contribution in [0.5, 0.6) is 5.75 Å². The molecule has 3 aromatic rings.